The normalized spacial score (nSPS) is 17.5. The molecule has 0 aliphatic carbocycles. The molecule has 3 rings (SSSR count). The number of nitrogens with zero attached hydrogens (tertiary/aromatic N) is 4. The maximum atomic E-state index is 13.2. The van der Waals surface area contributed by atoms with Crippen LogP contribution in [0.3, 0.4) is 0 Å². The molecule has 0 N–H and O–H groups in total. The lowest BCUT2D eigenvalue weighted by Crippen LogP contribution is -2.39. The first-order valence-corrected chi connectivity index (χ1v) is 9.02. The van der Waals surface area contributed by atoms with Crippen molar-refractivity contribution in [3.05, 3.63) is 41.2 Å². The Kier molecular flexibility index (Phi) is 4.39. The van der Waals surface area contributed by atoms with Crippen molar-refractivity contribution < 1.29 is 12.8 Å². The van der Waals surface area contributed by atoms with E-state index in [1.807, 2.05) is 11.5 Å². The van der Waals surface area contributed by atoms with E-state index in [9.17, 15) is 12.8 Å². The van der Waals surface area contributed by atoms with Crippen LogP contribution in [-0.4, -0.2) is 40.6 Å². The third kappa shape index (κ3) is 3.11. The fraction of sp³-hybridized carbons (Fsp3) is 0.429. The van der Waals surface area contributed by atoms with Gasteiger partial charge in [0.25, 0.3) is 0 Å². The molecule has 0 spiro atoms. The number of sulfonamides is 1. The van der Waals surface area contributed by atoms with Crippen LogP contribution in [0.25, 0.3) is 0 Å². The summed E-state index contributed by atoms with van der Waals surface area (Å²) in [6, 6.07) is 3.66. The van der Waals surface area contributed by atoms with E-state index in [-0.39, 0.29) is 16.0 Å². The van der Waals surface area contributed by atoms with Gasteiger partial charge in [0.05, 0.1) is 9.92 Å². The molecule has 0 atom stereocenters. The number of halogens is 2. The molecule has 9 heteroatoms. The highest BCUT2D eigenvalue weighted by Crippen LogP contribution is 2.28. The molecule has 23 heavy (non-hydrogen) atoms. The summed E-state index contributed by atoms with van der Waals surface area (Å²) in [5.41, 5.74) is 0. The molecule has 1 aliphatic heterocycles. The van der Waals surface area contributed by atoms with Gasteiger partial charge in [-0.1, -0.05) is 11.6 Å². The van der Waals surface area contributed by atoms with Crippen LogP contribution in [0, 0.1) is 12.7 Å². The third-order valence-corrected chi connectivity index (χ3v) is 6.28. The third-order valence-electron chi connectivity index (χ3n) is 4.10. The highest BCUT2D eigenvalue weighted by Gasteiger charge is 2.30. The molecule has 2 heterocycles. The fourth-order valence-corrected chi connectivity index (χ4v) is 4.55. The van der Waals surface area contributed by atoms with Gasteiger partial charge in [-0.15, -0.1) is 10.2 Å². The second-order valence-corrected chi connectivity index (χ2v) is 7.84. The summed E-state index contributed by atoms with van der Waals surface area (Å²) in [6.45, 7) is 2.65. The highest BCUT2D eigenvalue weighted by atomic mass is 35.5. The molecule has 0 amide bonds. The van der Waals surface area contributed by atoms with Crippen LogP contribution < -0.4 is 0 Å². The van der Waals surface area contributed by atoms with Gasteiger partial charge in [0.2, 0.25) is 10.0 Å². The Balaban J connectivity index is 1.76. The highest BCUT2D eigenvalue weighted by molar-refractivity contribution is 7.89. The number of rotatable bonds is 3. The van der Waals surface area contributed by atoms with Crippen molar-refractivity contribution in [1.29, 1.82) is 0 Å². The number of aryl methyl sites for hydroxylation is 1. The monoisotopic (exact) mass is 358 g/mol. The van der Waals surface area contributed by atoms with E-state index in [2.05, 4.69) is 10.2 Å². The summed E-state index contributed by atoms with van der Waals surface area (Å²) in [7, 11) is -3.66. The second-order valence-electron chi connectivity index (χ2n) is 5.50. The summed E-state index contributed by atoms with van der Waals surface area (Å²) in [5.74, 6) is 0.184. The molecule has 0 bridgehead atoms. The first-order chi connectivity index (χ1) is 10.9. The Morgan fingerprint density at radius 3 is 2.57 bits per heavy atom. The van der Waals surface area contributed by atoms with Crippen LogP contribution in [0.1, 0.15) is 24.7 Å². The SMILES string of the molecule is Cc1nncn1C1CCN(S(=O)(=O)c2ccc(F)c(Cl)c2)CC1. The van der Waals surface area contributed by atoms with Crippen LogP contribution in [0.5, 0.6) is 0 Å². The molecular weight excluding hydrogens is 343 g/mol. The van der Waals surface area contributed by atoms with Gasteiger partial charge in [0.15, 0.2) is 0 Å². The zero-order chi connectivity index (χ0) is 16.6. The summed E-state index contributed by atoms with van der Waals surface area (Å²) in [4.78, 5) is 0.0165. The Hall–Kier alpha value is -1.51. The van der Waals surface area contributed by atoms with Crippen molar-refractivity contribution in [3.8, 4) is 0 Å². The number of piperidine rings is 1. The van der Waals surface area contributed by atoms with Crippen LogP contribution in [0.4, 0.5) is 4.39 Å². The van der Waals surface area contributed by atoms with Crippen LogP contribution in [0.15, 0.2) is 29.4 Å². The minimum absolute atomic E-state index is 0.0165. The minimum atomic E-state index is -3.66. The molecule has 0 unspecified atom stereocenters. The maximum absolute atomic E-state index is 13.2. The largest absolute Gasteiger partial charge is 0.315 e. The van der Waals surface area contributed by atoms with E-state index < -0.39 is 15.8 Å². The number of hydrogen-bond donors (Lipinski definition) is 0. The van der Waals surface area contributed by atoms with Crippen LogP contribution in [0.2, 0.25) is 5.02 Å². The smallest absolute Gasteiger partial charge is 0.243 e. The molecule has 0 radical (unpaired) electrons. The molecule has 1 aliphatic rings. The first kappa shape index (κ1) is 16.4. The Bertz CT molecular complexity index is 816. The van der Waals surface area contributed by atoms with Gasteiger partial charge in [-0.05, 0) is 38.0 Å². The van der Waals surface area contributed by atoms with E-state index in [1.165, 1.54) is 10.4 Å². The average molecular weight is 359 g/mol. The summed E-state index contributed by atoms with van der Waals surface area (Å²) in [6.07, 6.45) is 3.02. The average Bonchev–Trinajstić information content (AvgIpc) is 2.96. The second kappa shape index (κ2) is 6.18. The maximum Gasteiger partial charge on any atom is 0.243 e. The lowest BCUT2D eigenvalue weighted by atomic mass is 10.1. The lowest BCUT2D eigenvalue weighted by molar-refractivity contribution is 0.271. The van der Waals surface area contributed by atoms with Crippen molar-refractivity contribution in [2.75, 3.05) is 13.1 Å². The van der Waals surface area contributed by atoms with Gasteiger partial charge in [0.1, 0.15) is 18.0 Å². The Morgan fingerprint density at radius 1 is 1.30 bits per heavy atom. The van der Waals surface area contributed by atoms with E-state index in [0.29, 0.717) is 25.9 Å². The predicted molar refractivity (Wildman–Crippen MR) is 83.2 cm³/mol. The van der Waals surface area contributed by atoms with Gasteiger partial charge in [-0.25, -0.2) is 12.8 Å². The van der Waals surface area contributed by atoms with Crippen LogP contribution >= 0.6 is 11.6 Å². The standard InChI is InChI=1S/C14H16ClFN4O2S/c1-10-18-17-9-20(10)11-4-6-19(7-5-11)23(21,22)12-2-3-14(16)13(15)8-12/h2-3,8-9,11H,4-7H2,1H3. The summed E-state index contributed by atoms with van der Waals surface area (Å²) < 4.78 is 41.8. The van der Waals surface area contributed by atoms with Gasteiger partial charge in [-0.2, -0.15) is 4.31 Å². The van der Waals surface area contributed by atoms with Crippen molar-refractivity contribution in [3.63, 3.8) is 0 Å². The van der Waals surface area contributed by atoms with Crippen molar-refractivity contribution in [2.24, 2.45) is 0 Å². The summed E-state index contributed by atoms with van der Waals surface area (Å²) in [5, 5.41) is 7.62. The van der Waals surface area contributed by atoms with Crippen molar-refractivity contribution in [2.45, 2.75) is 30.7 Å². The fourth-order valence-electron chi connectivity index (χ4n) is 2.81. The van der Waals surface area contributed by atoms with Gasteiger partial charge in [0, 0.05) is 19.1 Å². The molecule has 1 aromatic carbocycles. The van der Waals surface area contributed by atoms with E-state index in [4.69, 9.17) is 11.6 Å². The van der Waals surface area contributed by atoms with Crippen molar-refractivity contribution >= 4 is 21.6 Å². The Labute approximate surface area is 138 Å². The molecule has 6 nitrogen and oxygen atoms in total. The van der Waals surface area contributed by atoms with Gasteiger partial charge < -0.3 is 4.57 Å². The lowest BCUT2D eigenvalue weighted by Gasteiger charge is -2.32. The number of aromatic nitrogens is 3. The van der Waals surface area contributed by atoms with Gasteiger partial charge >= 0.3 is 0 Å². The summed E-state index contributed by atoms with van der Waals surface area (Å²) >= 11 is 5.69. The van der Waals surface area contributed by atoms with Crippen LogP contribution in [-0.2, 0) is 10.0 Å². The Morgan fingerprint density at radius 2 is 2.00 bits per heavy atom. The molecule has 2 aromatic rings. The molecule has 0 saturated carbocycles. The number of benzene rings is 1. The van der Waals surface area contributed by atoms with Crippen molar-refractivity contribution in [1.82, 2.24) is 19.1 Å². The first-order valence-electron chi connectivity index (χ1n) is 7.21. The molecule has 1 fully saturated rings. The van der Waals surface area contributed by atoms with E-state index in [0.717, 1.165) is 18.0 Å². The van der Waals surface area contributed by atoms with Gasteiger partial charge in [-0.3, -0.25) is 0 Å². The molecule has 1 saturated heterocycles. The number of hydrogen-bond acceptors (Lipinski definition) is 4. The zero-order valence-corrected chi connectivity index (χ0v) is 14.1. The zero-order valence-electron chi connectivity index (χ0n) is 12.5. The topological polar surface area (TPSA) is 68.1 Å². The predicted octanol–water partition coefficient (Wildman–Crippen LogP) is 2.40. The van der Waals surface area contributed by atoms with E-state index >= 15 is 0 Å². The molecular formula is C14H16ClFN4O2S. The molecule has 1 aromatic heterocycles. The molecule has 124 valence electrons. The van der Waals surface area contributed by atoms with E-state index in [1.54, 1.807) is 6.33 Å². The minimum Gasteiger partial charge on any atom is -0.315 e. The quantitative estimate of drug-likeness (QED) is 0.845.